The van der Waals surface area contributed by atoms with E-state index in [0.717, 1.165) is 41.3 Å². The molecule has 0 fully saturated rings. The molecule has 2 N–H and O–H groups in total. The van der Waals surface area contributed by atoms with Gasteiger partial charge in [0.1, 0.15) is 12.4 Å². The second-order valence-corrected chi connectivity index (χ2v) is 11.3. The van der Waals surface area contributed by atoms with Gasteiger partial charge in [0.25, 0.3) is 5.56 Å². The van der Waals surface area contributed by atoms with E-state index in [4.69, 9.17) is 9.72 Å². The van der Waals surface area contributed by atoms with Crippen LogP contribution in [0.2, 0.25) is 0 Å². The van der Waals surface area contributed by atoms with Gasteiger partial charge in [0.2, 0.25) is 0 Å². The molecule has 0 bridgehead atoms. The van der Waals surface area contributed by atoms with Crippen molar-refractivity contribution < 1.29 is 19.0 Å². The lowest BCUT2D eigenvalue weighted by Crippen LogP contribution is -2.44. The van der Waals surface area contributed by atoms with Crippen molar-refractivity contribution in [1.29, 1.82) is 0 Å². The predicted octanol–water partition coefficient (Wildman–Crippen LogP) is 4.29. The van der Waals surface area contributed by atoms with Crippen molar-refractivity contribution in [2.75, 3.05) is 0 Å². The number of carbonyl (C=O) groups is 1. The van der Waals surface area contributed by atoms with Crippen LogP contribution < -0.4 is 10.9 Å². The number of aliphatic hydroxyl groups is 1. The highest BCUT2D eigenvalue weighted by Crippen LogP contribution is 2.46. The number of halogens is 1. The second kappa shape index (κ2) is 7.95. The SMILES string of the molecule is CCC(C)(C)N[C@H]1CCc2c(C)c(F)cc3nc4c(c1c23)Cn1c-4cc2c(c1=O)COC(=O)[C@]2(O)CC. The molecule has 6 rings (SSSR count). The number of hydrogen-bond acceptors (Lipinski definition) is 6. The number of nitrogens with one attached hydrogen (secondary N) is 1. The van der Waals surface area contributed by atoms with Crippen LogP contribution in [0.5, 0.6) is 0 Å². The van der Waals surface area contributed by atoms with Gasteiger partial charge in [-0.2, -0.15) is 0 Å². The number of esters is 1. The zero-order valence-electron chi connectivity index (χ0n) is 21.9. The number of carbonyl (C=O) groups excluding carboxylic acids is 1. The van der Waals surface area contributed by atoms with Crippen LogP contribution in [-0.2, 0) is 34.7 Å². The van der Waals surface area contributed by atoms with E-state index in [9.17, 15) is 14.7 Å². The largest absolute Gasteiger partial charge is 0.458 e. The van der Waals surface area contributed by atoms with Gasteiger partial charge >= 0.3 is 5.97 Å². The average Bonchev–Trinajstić information content (AvgIpc) is 3.24. The van der Waals surface area contributed by atoms with Gasteiger partial charge in [0.15, 0.2) is 5.60 Å². The van der Waals surface area contributed by atoms with Crippen LogP contribution in [0.1, 0.15) is 86.4 Å². The van der Waals surface area contributed by atoms with Gasteiger partial charge in [-0.25, -0.2) is 14.2 Å². The molecule has 0 unspecified atom stereocenters. The lowest BCUT2D eigenvalue weighted by atomic mass is 9.80. The number of pyridine rings is 2. The lowest BCUT2D eigenvalue weighted by Gasteiger charge is -2.36. The molecule has 37 heavy (non-hydrogen) atoms. The first-order chi connectivity index (χ1) is 17.5. The molecule has 194 valence electrons. The number of rotatable bonds is 4. The minimum Gasteiger partial charge on any atom is -0.458 e. The van der Waals surface area contributed by atoms with E-state index in [-0.39, 0.29) is 41.5 Å². The third-order valence-electron chi connectivity index (χ3n) is 8.83. The Hall–Kier alpha value is -3.10. The Morgan fingerprint density at radius 2 is 2.00 bits per heavy atom. The number of nitrogens with zero attached hydrogens (tertiary/aromatic N) is 2. The molecule has 8 heteroatoms. The zero-order chi connectivity index (χ0) is 26.4. The number of aryl methyl sites for hydroxylation is 1. The first kappa shape index (κ1) is 24.2. The van der Waals surface area contributed by atoms with Crippen molar-refractivity contribution in [2.45, 2.75) is 90.6 Å². The van der Waals surface area contributed by atoms with Crippen LogP contribution in [0.3, 0.4) is 0 Å². The highest BCUT2D eigenvalue weighted by atomic mass is 19.1. The molecule has 1 aliphatic carbocycles. The Balaban J connectivity index is 1.66. The van der Waals surface area contributed by atoms with Gasteiger partial charge in [-0.1, -0.05) is 13.8 Å². The summed E-state index contributed by atoms with van der Waals surface area (Å²) >= 11 is 0. The molecule has 3 aromatic rings. The van der Waals surface area contributed by atoms with Gasteiger partial charge in [-0.15, -0.1) is 0 Å². The maximum atomic E-state index is 15.0. The van der Waals surface area contributed by atoms with Gasteiger partial charge < -0.3 is 19.7 Å². The molecule has 0 radical (unpaired) electrons. The van der Waals surface area contributed by atoms with Gasteiger partial charge in [0, 0.05) is 34.2 Å². The zero-order valence-corrected chi connectivity index (χ0v) is 21.9. The normalized spacial score (nSPS) is 22.0. The summed E-state index contributed by atoms with van der Waals surface area (Å²) in [6.45, 7) is 10.2. The number of cyclic esters (lactones) is 1. The molecule has 1 aromatic carbocycles. The van der Waals surface area contributed by atoms with Crippen LogP contribution in [-0.4, -0.2) is 26.2 Å². The van der Waals surface area contributed by atoms with E-state index in [0.29, 0.717) is 34.6 Å². The summed E-state index contributed by atoms with van der Waals surface area (Å²) in [5, 5.41) is 16.0. The van der Waals surface area contributed by atoms with Crippen LogP contribution in [0.4, 0.5) is 4.39 Å². The highest BCUT2D eigenvalue weighted by molar-refractivity contribution is 5.93. The Labute approximate surface area is 214 Å². The summed E-state index contributed by atoms with van der Waals surface area (Å²) in [6.07, 6.45) is 2.57. The van der Waals surface area contributed by atoms with Crippen molar-refractivity contribution in [3.63, 3.8) is 0 Å². The highest BCUT2D eigenvalue weighted by Gasteiger charge is 2.46. The van der Waals surface area contributed by atoms with Gasteiger partial charge in [-0.3, -0.25) is 4.79 Å². The minimum absolute atomic E-state index is 0.0173. The molecular weight excluding hydrogens is 473 g/mol. The molecule has 3 aliphatic rings. The maximum absolute atomic E-state index is 15.0. The van der Waals surface area contributed by atoms with Gasteiger partial charge in [-0.05, 0) is 69.2 Å². The lowest BCUT2D eigenvalue weighted by molar-refractivity contribution is -0.172. The van der Waals surface area contributed by atoms with E-state index in [1.165, 1.54) is 6.07 Å². The summed E-state index contributed by atoms with van der Waals surface area (Å²) in [7, 11) is 0. The quantitative estimate of drug-likeness (QED) is 0.402. The number of ether oxygens (including phenoxy) is 1. The molecule has 2 atom stereocenters. The summed E-state index contributed by atoms with van der Waals surface area (Å²) in [6, 6.07) is 3.22. The Morgan fingerprint density at radius 3 is 2.70 bits per heavy atom. The second-order valence-electron chi connectivity index (χ2n) is 11.3. The molecule has 0 saturated heterocycles. The maximum Gasteiger partial charge on any atom is 0.343 e. The van der Waals surface area contributed by atoms with Crippen LogP contribution in [0.15, 0.2) is 16.9 Å². The number of hydrogen-bond donors (Lipinski definition) is 2. The average molecular weight is 506 g/mol. The molecule has 0 spiro atoms. The molecule has 0 saturated carbocycles. The van der Waals surface area contributed by atoms with Crippen molar-refractivity contribution >= 4 is 16.9 Å². The topological polar surface area (TPSA) is 93.5 Å². The molecule has 2 aromatic heterocycles. The summed E-state index contributed by atoms with van der Waals surface area (Å²) in [5.41, 5.74) is 3.64. The number of fused-ring (bicyclic) bond motifs is 5. The Kier molecular flexibility index (Phi) is 5.21. The van der Waals surface area contributed by atoms with Crippen molar-refractivity contribution in [3.8, 4) is 11.4 Å². The molecule has 7 nitrogen and oxygen atoms in total. The Bertz CT molecular complexity index is 1570. The Morgan fingerprint density at radius 1 is 1.24 bits per heavy atom. The summed E-state index contributed by atoms with van der Waals surface area (Å²) in [5.74, 6) is -1.04. The van der Waals surface area contributed by atoms with Crippen molar-refractivity contribution in [2.24, 2.45) is 0 Å². The van der Waals surface area contributed by atoms with E-state index < -0.39 is 11.6 Å². The standard InChI is InChI=1S/C29H32FN3O4/c1-6-28(4,5)32-20-9-8-15-14(3)19(30)11-21-23(15)24(20)16-12-33-22(25(16)31-21)10-18-17(26(33)34)13-37-27(35)29(18,36)7-2/h10-11,20,32,36H,6-9,12-13H2,1-5H3/t20-,29-/m0/s1. The van der Waals surface area contributed by atoms with E-state index in [2.05, 4.69) is 26.1 Å². The van der Waals surface area contributed by atoms with Crippen molar-refractivity contribution in [3.05, 3.63) is 61.7 Å². The first-order valence-corrected chi connectivity index (χ1v) is 13.1. The van der Waals surface area contributed by atoms with E-state index in [1.807, 2.05) is 6.92 Å². The summed E-state index contributed by atoms with van der Waals surface area (Å²) in [4.78, 5) is 31.1. The molecule has 0 amide bonds. The molecular formula is C29H32FN3O4. The van der Waals surface area contributed by atoms with Crippen LogP contribution >= 0.6 is 0 Å². The van der Waals surface area contributed by atoms with Gasteiger partial charge in [0.05, 0.1) is 29.0 Å². The van der Waals surface area contributed by atoms with E-state index in [1.54, 1.807) is 17.6 Å². The predicted molar refractivity (Wildman–Crippen MR) is 138 cm³/mol. The minimum atomic E-state index is -1.89. The third kappa shape index (κ3) is 3.28. The fraction of sp³-hybridized carbons (Fsp3) is 0.483. The fourth-order valence-corrected chi connectivity index (χ4v) is 6.27. The number of aromatic nitrogens is 2. The monoisotopic (exact) mass is 505 g/mol. The van der Waals surface area contributed by atoms with E-state index >= 15 is 4.39 Å². The molecule has 2 aliphatic heterocycles. The van der Waals surface area contributed by atoms with Crippen LogP contribution in [0.25, 0.3) is 22.3 Å². The third-order valence-corrected chi connectivity index (χ3v) is 8.83. The number of benzene rings is 1. The van der Waals surface area contributed by atoms with Crippen LogP contribution in [0, 0.1) is 12.7 Å². The molecule has 4 heterocycles. The van der Waals surface area contributed by atoms with Crippen molar-refractivity contribution in [1.82, 2.24) is 14.9 Å². The first-order valence-electron chi connectivity index (χ1n) is 13.1. The fourth-order valence-electron chi connectivity index (χ4n) is 6.27. The smallest absolute Gasteiger partial charge is 0.343 e. The summed E-state index contributed by atoms with van der Waals surface area (Å²) < 4.78 is 21.9.